The maximum absolute atomic E-state index is 5.31. The molecule has 29 heavy (non-hydrogen) atoms. The first-order valence-corrected chi connectivity index (χ1v) is 10.1. The van der Waals surface area contributed by atoms with E-state index in [9.17, 15) is 0 Å². The van der Waals surface area contributed by atoms with Gasteiger partial charge in [-0.25, -0.2) is 4.99 Å². The monoisotopic (exact) mass is 391 g/mol. The molecule has 152 valence electrons. The molecule has 3 rings (SSSR count). The van der Waals surface area contributed by atoms with Crippen molar-refractivity contribution >= 4 is 11.6 Å². The normalized spacial score (nSPS) is 11.7. The van der Waals surface area contributed by atoms with Crippen LogP contribution in [0.3, 0.4) is 0 Å². The highest BCUT2D eigenvalue weighted by molar-refractivity contribution is 5.93. The van der Waals surface area contributed by atoms with Crippen molar-refractivity contribution < 1.29 is 4.52 Å². The molecule has 0 aliphatic carbocycles. The van der Waals surface area contributed by atoms with E-state index in [2.05, 4.69) is 65.8 Å². The Balaban J connectivity index is 1.56. The summed E-state index contributed by atoms with van der Waals surface area (Å²) in [6.45, 7) is 7.57. The minimum absolute atomic E-state index is 0.279. The minimum atomic E-state index is 0.279. The van der Waals surface area contributed by atoms with Crippen LogP contribution in [-0.2, 0) is 13.0 Å². The molecule has 0 radical (unpaired) electrons. The number of hydrogen-bond donors (Lipinski definition) is 2. The molecule has 2 aromatic carbocycles. The molecule has 2 N–H and O–H groups in total. The molecule has 1 heterocycles. The highest BCUT2D eigenvalue weighted by Crippen LogP contribution is 2.11. The average Bonchev–Trinajstić information content (AvgIpc) is 3.20. The van der Waals surface area contributed by atoms with Crippen molar-refractivity contribution in [3.8, 4) is 0 Å². The van der Waals surface area contributed by atoms with E-state index in [4.69, 9.17) is 9.52 Å². The number of nitrogens with zero attached hydrogens (tertiary/aromatic N) is 3. The number of hydrogen-bond acceptors (Lipinski definition) is 4. The van der Waals surface area contributed by atoms with Gasteiger partial charge in [-0.05, 0) is 31.0 Å². The zero-order valence-corrected chi connectivity index (χ0v) is 17.4. The van der Waals surface area contributed by atoms with E-state index in [0.717, 1.165) is 36.9 Å². The molecule has 0 spiro atoms. The zero-order valence-electron chi connectivity index (χ0n) is 17.4. The average molecular weight is 392 g/mol. The largest absolute Gasteiger partial charge is 0.356 e. The molecular formula is C23H29N5O. The second kappa shape index (κ2) is 10.4. The Kier molecular flexibility index (Phi) is 7.39. The lowest BCUT2D eigenvalue weighted by atomic mass is 10.1. The second-order valence-corrected chi connectivity index (χ2v) is 7.37. The van der Waals surface area contributed by atoms with Gasteiger partial charge < -0.3 is 15.2 Å². The minimum Gasteiger partial charge on any atom is -0.356 e. The van der Waals surface area contributed by atoms with Gasteiger partial charge in [-0.1, -0.05) is 67.0 Å². The lowest BCUT2D eigenvalue weighted by Crippen LogP contribution is -2.32. The molecule has 6 nitrogen and oxygen atoms in total. The molecule has 1 aromatic heterocycles. The molecule has 0 unspecified atom stereocenters. The fourth-order valence-corrected chi connectivity index (χ4v) is 2.71. The Hall–Kier alpha value is -3.15. The number of para-hydroxylation sites is 1. The van der Waals surface area contributed by atoms with Crippen molar-refractivity contribution in [1.29, 1.82) is 0 Å². The molecule has 0 saturated heterocycles. The van der Waals surface area contributed by atoms with E-state index >= 15 is 0 Å². The fourth-order valence-electron chi connectivity index (χ4n) is 2.71. The van der Waals surface area contributed by atoms with Gasteiger partial charge in [0.15, 0.2) is 11.8 Å². The van der Waals surface area contributed by atoms with Crippen molar-refractivity contribution in [3.05, 3.63) is 77.4 Å². The SMILES string of the molecule is Cc1ccc(CN=C(NCCCc2nc(C(C)C)no2)Nc2ccccc2)cc1. The third-order valence-corrected chi connectivity index (χ3v) is 4.44. The summed E-state index contributed by atoms with van der Waals surface area (Å²) in [5.41, 5.74) is 3.43. The molecule has 0 aliphatic rings. The van der Waals surface area contributed by atoms with E-state index in [-0.39, 0.29) is 5.92 Å². The summed E-state index contributed by atoms with van der Waals surface area (Å²) in [4.78, 5) is 9.16. The summed E-state index contributed by atoms with van der Waals surface area (Å²) in [5.74, 6) is 2.48. The topological polar surface area (TPSA) is 75.3 Å². The Morgan fingerprint density at radius 3 is 2.52 bits per heavy atom. The van der Waals surface area contributed by atoms with Crippen molar-refractivity contribution in [3.63, 3.8) is 0 Å². The van der Waals surface area contributed by atoms with E-state index in [1.807, 2.05) is 30.3 Å². The number of aromatic nitrogens is 2. The zero-order chi connectivity index (χ0) is 20.5. The van der Waals surface area contributed by atoms with E-state index in [0.29, 0.717) is 12.4 Å². The van der Waals surface area contributed by atoms with Gasteiger partial charge in [0.05, 0.1) is 6.54 Å². The number of anilines is 1. The first-order chi connectivity index (χ1) is 14.1. The number of nitrogens with one attached hydrogen (secondary N) is 2. The summed E-state index contributed by atoms with van der Waals surface area (Å²) < 4.78 is 5.31. The summed E-state index contributed by atoms with van der Waals surface area (Å²) in [6, 6.07) is 18.5. The quantitative estimate of drug-likeness (QED) is 0.331. The van der Waals surface area contributed by atoms with Gasteiger partial charge >= 0.3 is 0 Å². The third kappa shape index (κ3) is 6.75. The maximum atomic E-state index is 5.31. The predicted molar refractivity (Wildman–Crippen MR) is 117 cm³/mol. The van der Waals surface area contributed by atoms with Gasteiger partial charge in [-0.2, -0.15) is 4.98 Å². The fraction of sp³-hybridized carbons (Fsp3) is 0.348. The van der Waals surface area contributed by atoms with Crippen molar-refractivity contribution in [2.24, 2.45) is 4.99 Å². The van der Waals surface area contributed by atoms with Gasteiger partial charge in [0, 0.05) is 24.6 Å². The number of guanidine groups is 1. The molecule has 3 aromatic rings. The molecule has 0 aliphatic heterocycles. The molecular weight excluding hydrogens is 362 g/mol. The van der Waals surface area contributed by atoms with Crippen molar-refractivity contribution in [1.82, 2.24) is 15.5 Å². The van der Waals surface area contributed by atoms with E-state index in [1.54, 1.807) is 0 Å². The van der Waals surface area contributed by atoms with Crippen LogP contribution in [0.4, 0.5) is 5.69 Å². The van der Waals surface area contributed by atoms with Crippen LogP contribution >= 0.6 is 0 Å². The molecule has 0 fully saturated rings. The molecule has 6 heteroatoms. The van der Waals surface area contributed by atoms with Gasteiger partial charge in [-0.3, -0.25) is 0 Å². The summed E-state index contributed by atoms with van der Waals surface area (Å²) >= 11 is 0. The number of aliphatic imine (C=N–C) groups is 1. The van der Waals surface area contributed by atoms with Crippen LogP contribution in [-0.4, -0.2) is 22.6 Å². The van der Waals surface area contributed by atoms with Gasteiger partial charge in [0.25, 0.3) is 0 Å². The Bertz CT molecular complexity index is 901. The Morgan fingerprint density at radius 1 is 1.07 bits per heavy atom. The van der Waals surface area contributed by atoms with Crippen LogP contribution in [0.25, 0.3) is 0 Å². The third-order valence-electron chi connectivity index (χ3n) is 4.44. The van der Waals surface area contributed by atoms with Crippen LogP contribution in [0.15, 0.2) is 64.1 Å². The van der Waals surface area contributed by atoms with Gasteiger partial charge in [-0.15, -0.1) is 0 Å². The number of benzene rings is 2. The summed E-state index contributed by atoms with van der Waals surface area (Å²) in [7, 11) is 0. The first kappa shape index (κ1) is 20.6. The van der Waals surface area contributed by atoms with Crippen LogP contribution in [0.5, 0.6) is 0 Å². The van der Waals surface area contributed by atoms with Crippen molar-refractivity contribution in [2.75, 3.05) is 11.9 Å². The van der Waals surface area contributed by atoms with Gasteiger partial charge in [0.2, 0.25) is 5.89 Å². The summed E-state index contributed by atoms with van der Waals surface area (Å²) in [5, 5.41) is 10.8. The van der Waals surface area contributed by atoms with E-state index in [1.165, 1.54) is 11.1 Å². The summed E-state index contributed by atoms with van der Waals surface area (Å²) in [6.07, 6.45) is 1.61. The van der Waals surface area contributed by atoms with Crippen molar-refractivity contribution in [2.45, 2.75) is 46.1 Å². The molecule has 0 amide bonds. The highest BCUT2D eigenvalue weighted by Gasteiger charge is 2.09. The first-order valence-electron chi connectivity index (χ1n) is 10.1. The molecule has 0 bridgehead atoms. The van der Waals surface area contributed by atoms with E-state index < -0.39 is 0 Å². The van der Waals surface area contributed by atoms with Crippen LogP contribution < -0.4 is 10.6 Å². The smallest absolute Gasteiger partial charge is 0.226 e. The number of rotatable bonds is 8. The lowest BCUT2D eigenvalue weighted by Gasteiger charge is -2.12. The predicted octanol–water partition coefficient (Wildman–Crippen LogP) is 4.69. The van der Waals surface area contributed by atoms with Crippen LogP contribution in [0, 0.1) is 6.92 Å². The van der Waals surface area contributed by atoms with Crippen LogP contribution in [0.1, 0.15) is 49.0 Å². The molecule has 0 atom stereocenters. The number of aryl methyl sites for hydroxylation is 2. The van der Waals surface area contributed by atoms with Gasteiger partial charge in [0.1, 0.15) is 0 Å². The van der Waals surface area contributed by atoms with Crippen LogP contribution in [0.2, 0.25) is 0 Å². The lowest BCUT2D eigenvalue weighted by molar-refractivity contribution is 0.368. The standard InChI is InChI=1S/C23H29N5O/c1-17(2)22-27-21(29-28-22)10-7-15-24-23(26-20-8-5-4-6-9-20)25-16-19-13-11-18(3)12-14-19/h4-6,8-9,11-14,17H,7,10,15-16H2,1-3H3,(H2,24,25,26). The Labute approximate surface area is 172 Å². The highest BCUT2D eigenvalue weighted by atomic mass is 16.5. The maximum Gasteiger partial charge on any atom is 0.226 e. The second-order valence-electron chi connectivity index (χ2n) is 7.37. The Morgan fingerprint density at radius 2 is 1.83 bits per heavy atom. The molecule has 0 saturated carbocycles.